The number of aryl methyl sites for hydroxylation is 1. The molecule has 1 aliphatic rings. The van der Waals surface area contributed by atoms with Gasteiger partial charge in [-0.1, -0.05) is 17.7 Å². The van der Waals surface area contributed by atoms with E-state index < -0.39 is 11.9 Å². The molecule has 0 bridgehead atoms. The topological polar surface area (TPSA) is 29.5 Å². The lowest BCUT2D eigenvalue weighted by Gasteiger charge is -2.13. The Kier molecular flexibility index (Phi) is 3.40. The summed E-state index contributed by atoms with van der Waals surface area (Å²) in [5.41, 5.74) is 2.98. The Morgan fingerprint density at radius 1 is 1.30 bits per heavy atom. The molecule has 0 heterocycles. The summed E-state index contributed by atoms with van der Waals surface area (Å²) in [6.07, 6.45) is 1.02. The van der Waals surface area contributed by atoms with Gasteiger partial charge in [-0.05, 0) is 49.1 Å². The molecule has 0 saturated heterocycles. The van der Waals surface area contributed by atoms with E-state index in [4.69, 9.17) is 16.3 Å². The maximum absolute atomic E-state index is 13.3. The minimum Gasteiger partial charge on any atom is -0.457 e. The van der Waals surface area contributed by atoms with Crippen molar-refractivity contribution in [2.45, 2.75) is 25.9 Å². The Bertz CT molecular complexity index is 650. The zero-order valence-electron chi connectivity index (χ0n) is 11.0. The van der Waals surface area contributed by atoms with Crippen LogP contribution in [0.25, 0.3) is 0 Å². The molecule has 104 valence electrons. The number of hydrogen-bond donors (Lipinski definition) is 1. The van der Waals surface area contributed by atoms with E-state index in [1.165, 1.54) is 12.1 Å². The van der Waals surface area contributed by atoms with Crippen molar-refractivity contribution in [1.82, 2.24) is 0 Å². The molecule has 0 spiro atoms. The van der Waals surface area contributed by atoms with Crippen molar-refractivity contribution in [3.63, 3.8) is 0 Å². The Morgan fingerprint density at radius 3 is 2.85 bits per heavy atom. The molecule has 0 aliphatic heterocycles. The first-order chi connectivity index (χ1) is 9.54. The van der Waals surface area contributed by atoms with E-state index in [-0.39, 0.29) is 0 Å². The van der Waals surface area contributed by atoms with Crippen molar-refractivity contribution < 1.29 is 14.2 Å². The molecule has 20 heavy (non-hydrogen) atoms. The van der Waals surface area contributed by atoms with Crippen LogP contribution in [0.1, 0.15) is 29.2 Å². The van der Waals surface area contributed by atoms with Crippen molar-refractivity contribution in [3.8, 4) is 11.5 Å². The fraction of sp³-hybridized carbons (Fsp3) is 0.250. The molecule has 0 unspecified atom stereocenters. The highest BCUT2D eigenvalue weighted by Crippen LogP contribution is 2.40. The minimum atomic E-state index is -0.440. The van der Waals surface area contributed by atoms with E-state index in [2.05, 4.69) is 0 Å². The molecule has 1 N–H and O–H groups in total. The highest BCUT2D eigenvalue weighted by molar-refractivity contribution is 6.30. The Labute approximate surface area is 121 Å². The first-order valence-corrected chi connectivity index (χ1v) is 6.87. The quantitative estimate of drug-likeness (QED) is 0.879. The fourth-order valence-electron chi connectivity index (χ4n) is 2.72. The summed E-state index contributed by atoms with van der Waals surface area (Å²) < 4.78 is 19.1. The van der Waals surface area contributed by atoms with Gasteiger partial charge in [0.25, 0.3) is 0 Å². The van der Waals surface area contributed by atoms with E-state index in [9.17, 15) is 9.50 Å². The van der Waals surface area contributed by atoms with Crippen molar-refractivity contribution >= 4 is 11.6 Å². The molecule has 0 aromatic heterocycles. The number of aliphatic hydroxyl groups is 1. The normalized spacial score (nSPS) is 17.1. The average molecular weight is 293 g/mol. The van der Waals surface area contributed by atoms with E-state index >= 15 is 0 Å². The largest absolute Gasteiger partial charge is 0.457 e. The van der Waals surface area contributed by atoms with E-state index in [0.29, 0.717) is 22.9 Å². The highest BCUT2D eigenvalue weighted by atomic mass is 35.5. The van der Waals surface area contributed by atoms with Gasteiger partial charge < -0.3 is 9.84 Å². The van der Waals surface area contributed by atoms with Gasteiger partial charge in [0.05, 0.1) is 6.10 Å². The SMILES string of the molecule is Cc1ccc(Oc2cc(F)cc(Cl)c2)c2c1[C@@H](O)CC2. The molecule has 0 amide bonds. The van der Waals surface area contributed by atoms with Crippen LogP contribution >= 0.6 is 11.6 Å². The van der Waals surface area contributed by atoms with Crippen LogP contribution in [0.15, 0.2) is 30.3 Å². The summed E-state index contributed by atoms with van der Waals surface area (Å²) in [7, 11) is 0. The van der Waals surface area contributed by atoms with Gasteiger partial charge >= 0.3 is 0 Å². The summed E-state index contributed by atoms with van der Waals surface area (Å²) in [6, 6.07) is 7.86. The molecule has 0 saturated carbocycles. The first kappa shape index (κ1) is 13.4. The summed E-state index contributed by atoms with van der Waals surface area (Å²) in [4.78, 5) is 0. The summed E-state index contributed by atoms with van der Waals surface area (Å²) in [6.45, 7) is 1.97. The van der Waals surface area contributed by atoms with Crippen LogP contribution < -0.4 is 4.74 Å². The smallest absolute Gasteiger partial charge is 0.131 e. The van der Waals surface area contributed by atoms with Gasteiger partial charge in [0, 0.05) is 16.7 Å². The second-order valence-electron chi connectivity index (χ2n) is 5.03. The van der Waals surface area contributed by atoms with Gasteiger partial charge in [-0.25, -0.2) is 4.39 Å². The lowest BCUT2D eigenvalue weighted by Crippen LogP contribution is -1.97. The molecular formula is C16H14ClFO2. The average Bonchev–Trinajstić information content (AvgIpc) is 2.75. The van der Waals surface area contributed by atoms with Crippen molar-refractivity contribution in [3.05, 3.63) is 57.9 Å². The number of benzene rings is 2. The van der Waals surface area contributed by atoms with Crippen molar-refractivity contribution in [1.29, 1.82) is 0 Å². The third-order valence-corrected chi connectivity index (χ3v) is 3.82. The second-order valence-corrected chi connectivity index (χ2v) is 5.47. The zero-order chi connectivity index (χ0) is 14.3. The monoisotopic (exact) mass is 292 g/mol. The van der Waals surface area contributed by atoms with E-state index in [0.717, 1.165) is 23.1 Å². The Morgan fingerprint density at radius 2 is 2.10 bits per heavy atom. The molecule has 2 aromatic rings. The molecule has 0 radical (unpaired) electrons. The van der Waals surface area contributed by atoms with Crippen molar-refractivity contribution in [2.24, 2.45) is 0 Å². The summed E-state index contributed by atoms with van der Waals surface area (Å²) >= 11 is 5.82. The van der Waals surface area contributed by atoms with E-state index in [1.54, 1.807) is 6.07 Å². The number of halogens is 2. The minimum absolute atomic E-state index is 0.295. The van der Waals surface area contributed by atoms with Crippen molar-refractivity contribution in [2.75, 3.05) is 0 Å². The standard InChI is InChI=1S/C16H14ClFO2/c1-9-2-5-15(13-3-4-14(19)16(9)13)20-12-7-10(17)6-11(18)8-12/h2,5-8,14,19H,3-4H2,1H3/t14-/m0/s1. The fourth-order valence-corrected chi connectivity index (χ4v) is 2.93. The molecule has 3 rings (SSSR count). The number of ether oxygens (including phenoxy) is 1. The maximum atomic E-state index is 13.3. The number of rotatable bonds is 2. The third kappa shape index (κ3) is 2.39. The molecule has 1 atom stereocenters. The lowest BCUT2D eigenvalue weighted by molar-refractivity contribution is 0.179. The molecule has 2 nitrogen and oxygen atoms in total. The van der Waals surface area contributed by atoms with Crippen LogP contribution in [-0.4, -0.2) is 5.11 Å². The maximum Gasteiger partial charge on any atom is 0.131 e. The molecule has 1 aliphatic carbocycles. The molecule has 4 heteroatoms. The van der Waals surface area contributed by atoms with Crippen LogP contribution in [-0.2, 0) is 6.42 Å². The van der Waals surface area contributed by atoms with Gasteiger partial charge in [0.2, 0.25) is 0 Å². The predicted octanol–water partition coefficient (Wildman–Crippen LogP) is 4.56. The van der Waals surface area contributed by atoms with Gasteiger partial charge in [0.1, 0.15) is 17.3 Å². The number of fused-ring (bicyclic) bond motifs is 1. The van der Waals surface area contributed by atoms with Gasteiger partial charge in [-0.15, -0.1) is 0 Å². The Hall–Kier alpha value is -1.58. The summed E-state index contributed by atoms with van der Waals surface area (Å²) in [5.74, 6) is 0.586. The highest BCUT2D eigenvalue weighted by Gasteiger charge is 2.25. The molecular weight excluding hydrogens is 279 g/mol. The van der Waals surface area contributed by atoms with Gasteiger partial charge in [-0.3, -0.25) is 0 Å². The molecule has 0 fully saturated rings. The predicted molar refractivity (Wildman–Crippen MR) is 75.9 cm³/mol. The van der Waals surface area contributed by atoms with Crippen LogP contribution in [0.2, 0.25) is 5.02 Å². The number of hydrogen-bond acceptors (Lipinski definition) is 2. The molecule has 2 aromatic carbocycles. The Balaban J connectivity index is 2.00. The van der Waals surface area contributed by atoms with Crippen LogP contribution in [0.4, 0.5) is 4.39 Å². The van der Waals surface area contributed by atoms with Crippen LogP contribution in [0.5, 0.6) is 11.5 Å². The van der Waals surface area contributed by atoms with Crippen LogP contribution in [0, 0.1) is 12.7 Å². The summed E-state index contributed by atoms with van der Waals surface area (Å²) in [5, 5.41) is 10.3. The zero-order valence-corrected chi connectivity index (χ0v) is 11.7. The van der Waals surface area contributed by atoms with Crippen LogP contribution in [0.3, 0.4) is 0 Å². The second kappa shape index (κ2) is 5.08. The van der Waals surface area contributed by atoms with Gasteiger partial charge in [-0.2, -0.15) is 0 Å². The third-order valence-electron chi connectivity index (χ3n) is 3.60. The van der Waals surface area contributed by atoms with Gasteiger partial charge in [0.15, 0.2) is 0 Å². The number of aliphatic hydroxyl groups excluding tert-OH is 1. The lowest BCUT2D eigenvalue weighted by atomic mass is 10.0. The first-order valence-electron chi connectivity index (χ1n) is 6.49. The van der Waals surface area contributed by atoms with E-state index in [1.807, 2.05) is 19.1 Å².